The number of hydrogen-bond acceptors (Lipinski definition) is 3. The van der Waals surface area contributed by atoms with Crippen LogP contribution in [0.5, 0.6) is 5.75 Å². The van der Waals surface area contributed by atoms with E-state index in [1.165, 1.54) is 0 Å². The van der Waals surface area contributed by atoms with Gasteiger partial charge in [0.15, 0.2) is 6.61 Å². The molecule has 5 nitrogen and oxygen atoms in total. The van der Waals surface area contributed by atoms with E-state index in [2.05, 4.69) is 19.2 Å². The molecule has 2 N–H and O–H groups in total. The summed E-state index contributed by atoms with van der Waals surface area (Å²) >= 11 is 0. The average Bonchev–Trinajstić information content (AvgIpc) is 2.59. The molecule has 26 heavy (non-hydrogen) atoms. The second-order valence-electron chi connectivity index (χ2n) is 6.71. The predicted molar refractivity (Wildman–Crippen MR) is 102 cm³/mol. The largest absolute Gasteiger partial charge is 0.483 e. The molecule has 0 radical (unpaired) electrons. The molecule has 1 unspecified atom stereocenters. The highest BCUT2D eigenvalue weighted by atomic mass is 16.5. The number of carbonyl (C=O) groups is 2. The minimum absolute atomic E-state index is 0.0869. The van der Waals surface area contributed by atoms with E-state index in [1.54, 1.807) is 31.2 Å². The number of ether oxygens (including phenoxy) is 1. The molecule has 0 saturated carbocycles. The maximum Gasteiger partial charge on any atom is 0.310 e. The molecule has 0 aliphatic rings. The molecule has 1 atom stereocenters. The first-order valence-corrected chi connectivity index (χ1v) is 8.64. The van der Waals surface area contributed by atoms with Gasteiger partial charge >= 0.3 is 5.97 Å². The number of rotatable bonds is 7. The van der Waals surface area contributed by atoms with E-state index in [9.17, 15) is 9.59 Å². The van der Waals surface area contributed by atoms with Gasteiger partial charge in [-0.15, -0.1) is 0 Å². The molecule has 0 saturated heterocycles. The SMILES string of the molecule is Cc1ccc(C(C)C)c(OCC(=O)Nc2ccc(C(C)C(=O)O)cc2)c1. The molecular formula is C21H25NO4. The number of benzene rings is 2. The van der Waals surface area contributed by atoms with Gasteiger partial charge in [0.2, 0.25) is 0 Å². The second-order valence-corrected chi connectivity index (χ2v) is 6.71. The van der Waals surface area contributed by atoms with E-state index in [0.717, 1.165) is 16.9 Å². The Hall–Kier alpha value is -2.82. The quantitative estimate of drug-likeness (QED) is 0.775. The summed E-state index contributed by atoms with van der Waals surface area (Å²) in [4.78, 5) is 23.1. The average molecular weight is 355 g/mol. The first-order chi connectivity index (χ1) is 12.3. The molecule has 0 aliphatic heterocycles. The summed E-state index contributed by atoms with van der Waals surface area (Å²) in [6, 6.07) is 12.8. The normalized spacial score (nSPS) is 11.9. The lowest BCUT2D eigenvalue weighted by Gasteiger charge is -2.15. The Morgan fingerprint density at radius 3 is 2.31 bits per heavy atom. The van der Waals surface area contributed by atoms with Crippen molar-refractivity contribution in [2.75, 3.05) is 11.9 Å². The van der Waals surface area contributed by atoms with Crippen LogP contribution >= 0.6 is 0 Å². The van der Waals surface area contributed by atoms with Gasteiger partial charge in [-0.2, -0.15) is 0 Å². The van der Waals surface area contributed by atoms with Crippen molar-refractivity contribution in [2.24, 2.45) is 0 Å². The Labute approximate surface area is 154 Å². The summed E-state index contributed by atoms with van der Waals surface area (Å²) in [5.74, 6) is -0.702. The lowest BCUT2D eigenvalue weighted by molar-refractivity contribution is -0.138. The first kappa shape index (κ1) is 19.5. The second kappa shape index (κ2) is 8.52. The van der Waals surface area contributed by atoms with Gasteiger partial charge in [0.25, 0.3) is 5.91 Å². The number of anilines is 1. The lowest BCUT2D eigenvalue weighted by atomic mass is 10.0. The van der Waals surface area contributed by atoms with Crippen LogP contribution in [0.4, 0.5) is 5.69 Å². The Balaban J connectivity index is 1.97. The van der Waals surface area contributed by atoms with Gasteiger partial charge in [0.05, 0.1) is 5.92 Å². The zero-order valence-corrected chi connectivity index (χ0v) is 15.6. The van der Waals surface area contributed by atoms with Crippen molar-refractivity contribution in [3.63, 3.8) is 0 Å². The van der Waals surface area contributed by atoms with Crippen LogP contribution in [0.3, 0.4) is 0 Å². The molecule has 0 heterocycles. The third-order valence-corrected chi connectivity index (χ3v) is 4.21. The van der Waals surface area contributed by atoms with E-state index >= 15 is 0 Å². The molecule has 0 fully saturated rings. The lowest BCUT2D eigenvalue weighted by Crippen LogP contribution is -2.20. The monoisotopic (exact) mass is 355 g/mol. The molecular weight excluding hydrogens is 330 g/mol. The molecule has 0 spiro atoms. The van der Waals surface area contributed by atoms with Crippen LogP contribution < -0.4 is 10.1 Å². The van der Waals surface area contributed by atoms with Crippen molar-refractivity contribution in [3.05, 3.63) is 59.2 Å². The maximum atomic E-state index is 12.1. The number of carboxylic acid groups (broad SMARTS) is 1. The third-order valence-electron chi connectivity index (χ3n) is 4.21. The van der Waals surface area contributed by atoms with Crippen molar-refractivity contribution in [3.8, 4) is 5.75 Å². The van der Waals surface area contributed by atoms with Gasteiger partial charge in [-0.05, 0) is 54.7 Å². The van der Waals surface area contributed by atoms with Crippen LogP contribution in [0.25, 0.3) is 0 Å². The zero-order chi connectivity index (χ0) is 19.3. The number of carbonyl (C=O) groups excluding carboxylic acids is 1. The molecule has 2 rings (SSSR count). The van der Waals surface area contributed by atoms with E-state index < -0.39 is 11.9 Å². The number of aliphatic carboxylic acids is 1. The highest BCUT2D eigenvalue weighted by Gasteiger charge is 2.14. The summed E-state index contributed by atoms with van der Waals surface area (Å²) in [5.41, 5.74) is 3.43. The summed E-state index contributed by atoms with van der Waals surface area (Å²) in [5, 5.41) is 11.8. The van der Waals surface area contributed by atoms with Crippen molar-refractivity contribution in [1.29, 1.82) is 0 Å². The molecule has 0 aromatic heterocycles. The maximum absolute atomic E-state index is 12.1. The molecule has 1 amide bonds. The Bertz CT molecular complexity index is 781. The van der Waals surface area contributed by atoms with Crippen LogP contribution in [0.1, 0.15) is 49.3 Å². The number of amides is 1. The number of hydrogen-bond donors (Lipinski definition) is 2. The zero-order valence-electron chi connectivity index (χ0n) is 15.6. The van der Waals surface area contributed by atoms with Gasteiger partial charge in [-0.25, -0.2) is 0 Å². The molecule has 138 valence electrons. The number of carboxylic acids is 1. The fraction of sp³-hybridized carbons (Fsp3) is 0.333. The fourth-order valence-corrected chi connectivity index (χ4v) is 2.58. The van der Waals surface area contributed by atoms with Crippen molar-refractivity contribution < 1.29 is 19.4 Å². The molecule has 5 heteroatoms. The van der Waals surface area contributed by atoms with Gasteiger partial charge in [-0.1, -0.05) is 38.1 Å². The number of aryl methyl sites for hydroxylation is 1. The van der Waals surface area contributed by atoms with E-state index in [-0.39, 0.29) is 12.5 Å². The van der Waals surface area contributed by atoms with E-state index in [1.807, 2.05) is 25.1 Å². The fourth-order valence-electron chi connectivity index (χ4n) is 2.58. The smallest absolute Gasteiger partial charge is 0.310 e. The predicted octanol–water partition coefficient (Wildman–Crippen LogP) is 4.32. The summed E-state index contributed by atoms with van der Waals surface area (Å²) in [6.45, 7) is 7.68. The summed E-state index contributed by atoms with van der Waals surface area (Å²) in [7, 11) is 0. The molecule has 2 aromatic rings. The molecule has 0 bridgehead atoms. The van der Waals surface area contributed by atoms with E-state index in [0.29, 0.717) is 17.2 Å². The highest BCUT2D eigenvalue weighted by Crippen LogP contribution is 2.27. The van der Waals surface area contributed by atoms with Crippen molar-refractivity contribution >= 4 is 17.6 Å². The standard InChI is InChI=1S/C21H25NO4/c1-13(2)18-10-5-14(3)11-19(18)26-12-20(23)22-17-8-6-16(7-9-17)15(4)21(24)25/h5-11,13,15H,12H2,1-4H3,(H,22,23)(H,24,25). The first-order valence-electron chi connectivity index (χ1n) is 8.64. The summed E-state index contributed by atoms with van der Waals surface area (Å²) in [6.07, 6.45) is 0. The van der Waals surface area contributed by atoms with E-state index in [4.69, 9.17) is 9.84 Å². The minimum Gasteiger partial charge on any atom is -0.483 e. The topological polar surface area (TPSA) is 75.6 Å². The number of nitrogens with one attached hydrogen (secondary N) is 1. The molecule has 2 aromatic carbocycles. The third kappa shape index (κ3) is 5.09. The highest BCUT2D eigenvalue weighted by molar-refractivity contribution is 5.92. The van der Waals surface area contributed by atoms with Crippen molar-refractivity contribution in [1.82, 2.24) is 0 Å². The van der Waals surface area contributed by atoms with Crippen LogP contribution in [-0.2, 0) is 9.59 Å². The van der Waals surface area contributed by atoms with Gasteiger partial charge < -0.3 is 15.2 Å². The Kier molecular flexibility index (Phi) is 6.39. The summed E-state index contributed by atoms with van der Waals surface area (Å²) < 4.78 is 5.72. The molecule has 0 aliphatic carbocycles. The minimum atomic E-state index is -0.880. The van der Waals surface area contributed by atoms with Gasteiger partial charge in [0, 0.05) is 5.69 Å². The Morgan fingerprint density at radius 1 is 1.08 bits per heavy atom. The van der Waals surface area contributed by atoms with Crippen LogP contribution in [0.2, 0.25) is 0 Å². The van der Waals surface area contributed by atoms with Crippen LogP contribution in [-0.4, -0.2) is 23.6 Å². The van der Waals surface area contributed by atoms with Gasteiger partial charge in [0.1, 0.15) is 5.75 Å². The van der Waals surface area contributed by atoms with Crippen molar-refractivity contribution in [2.45, 2.75) is 39.5 Å². The van der Waals surface area contributed by atoms with Crippen LogP contribution in [0.15, 0.2) is 42.5 Å². The van der Waals surface area contributed by atoms with Crippen LogP contribution in [0, 0.1) is 6.92 Å². The van der Waals surface area contributed by atoms with Gasteiger partial charge in [-0.3, -0.25) is 9.59 Å². The Morgan fingerprint density at radius 2 is 1.73 bits per heavy atom.